The van der Waals surface area contributed by atoms with Crippen LogP contribution in [-0.2, 0) is 9.22 Å². The van der Waals surface area contributed by atoms with E-state index in [1.165, 1.54) is 12.6 Å². The number of hydrogen-bond donors (Lipinski definition) is 1. The van der Waals surface area contributed by atoms with Gasteiger partial charge in [0, 0.05) is 0 Å². The maximum atomic E-state index is 12.1. The lowest BCUT2D eigenvalue weighted by Crippen LogP contribution is -2.67. The Morgan fingerprint density at radius 1 is 1.04 bits per heavy atom. The fourth-order valence-electron chi connectivity index (χ4n) is 3.45. The van der Waals surface area contributed by atoms with Crippen LogP contribution in [0.4, 0.5) is 0 Å². The molecule has 6 heteroatoms. The van der Waals surface area contributed by atoms with Crippen molar-refractivity contribution in [3.63, 3.8) is 0 Å². The second-order valence-electron chi connectivity index (χ2n) is 7.40. The van der Waals surface area contributed by atoms with E-state index in [1.807, 2.05) is 60.7 Å². The Balaban J connectivity index is 2.25. The summed E-state index contributed by atoms with van der Waals surface area (Å²) < 4.78 is 11.9. The number of benzene rings is 2. The van der Waals surface area contributed by atoms with Crippen molar-refractivity contribution in [2.45, 2.75) is 31.9 Å². The average Bonchev–Trinajstić information content (AvgIpc) is 3.17. The molecule has 3 aromatic rings. The predicted octanol–water partition coefficient (Wildman–Crippen LogP) is 3.38. The topological polar surface area (TPSA) is 72.6 Å². The third kappa shape index (κ3) is 3.58. The normalized spacial score (nSPS) is 13.3. The number of carboxylic acids is 1. The zero-order valence-corrected chi connectivity index (χ0v) is 16.6. The molecule has 2 aromatic carbocycles. The van der Waals surface area contributed by atoms with E-state index in [-0.39, 0.29) is 10.8 Å². The third-order valence-corrected chi connectivity index (χ3v) is 9.64. The summed E-state index contributed by atoms with van der Waals surface area (Å²) in [7, 11) is -3.00. The van der Waals surface area contributed by atoms with Crippen LogP contribution in [0, 0.1) is 0 Å². The van der Waals surface area contributed by atoms with Crippen molar-refractivity contribution >= 4 is 24.7 Å². The van der Waals surface area contributed by atoms with Gasteiger partial charge < -0.3 is 13.9 Å². The minimum absolute atomic E-state index is 0.190. The lowest BCUT2D eigenvalue weighted by atomic mass is 10.2. The number of hydrogen-bond acceptors (Lipinski definition) is 4. The van der Waals surface area contributed by atoms with E-state index in [0.29, 0.717) is 0 Å². The molecule has 0 spiro atoms. The molecule has 0 amide bonds. The lowest BCUT2D eigenvalue weighted by molar-refractivity contribution is -0.146. The first-order chi connectivity index (χ1) is 12.9. The molecule has 0 aliphatic carbocycles. The maximum Gasteiger partial charge on any atom is 0.339 e. The van der Waals surface area contributed by atoms with Gasteiger partial charge in [0.2, 0.25) is 6.10 Å². The molecule has 1 aromatic heterocycles. The van der Waals surface area contributed by atoms with Crippen molar-refractivity contribution in [3.05, 3.63) is 79.0 Å². The molecule has 0 saturated heterocycles. The highest BCUT2D eigenvalue weighted by Gasteiger charge is 2.53. The molecule has 140 valence electrons. The SMILES string of the molecule is CC(C)(C)[Si](O[C@H](C(=O)O)c1cnco1)(c1ccccc1)c1ccccc1. The second kappa shape index (κ2) is 7.50. The van der Waals surface area contributed by atoms with E-state index in [0.717, 1.165) is 10.4 Å². The van der Waals surface area contributed by atoms with Gasteiger partial charge in [0.1, 0.15) is 0 Å². The van der Waals surface area contributed by atoms with Crippen molar-refractivity contribution in [1.29, 1.82) is 0 Å². The van der Waals surface area contributed by atoms with Gasteiger partial charge in [-0.15, -0.1) is 0 Å². The summed E-state index contributed by atoms with van der Waals surface area (Å²) in [6.45, 7) is 6.29. The first-order valence-electron chi connectivity index (χ1n) is 8.76. The number of aromatic nitrogens is 1. The molecule has 0 radical (unpaired) electrons. The molecule has 0 aliphatic heterocycles. The van der Waals surface area contributed by atoms with Crippen LogP contribution >= 0.6 is 0 Å². The zero-order valence-electron chi connectivity index (χ0n) is 15.6. The van der Waals surface area contributed by atoms with Crippen LogP contribution in [0.2, 0.25) is 5.04 Å². The summed E-state index contributed by atoms with van der Waals surface area (Å²) in [5, 5.41) is 11.6. The summed E-state index contributed by atoms with van der Waals surface area (Å²) in [6, 6.07) is 19.8. The van der Waals surface area contributed by atoms with Gasteiger partial charge in [-0.2, -0.15) is 0 Å². The van der Waals surface area contributed by atoms with E-state index in [2.05, 4.69) is 25.8 Å². The number of carbonyl (C=O) groups is 1. The highest BCUT2D eigenvalue weighted by molar-refractivity contribution is 6.99. The molecule has 1 atom stereocenters. The standard InChI is InChI=1S/C21H23NO4Si/c1-21(2,3)27(16-10-6-4-7-11-16,17-12-8-5-9-13-17)26-19(20(23)24)18-14-22-15-25-18/h4-15,19H,1-3H3,(H,23,24)/t19-/m0/s1. The van der Waals surface area contributed by atoms with Crippen LogP contribution in [0.1, 0.15) is 32.6 Å². The zero-order chi connectivity index (χ0) is 19.5. The van der Waals surface area contributed by atoms with Crippen LogP contribution in [0.15, 0.2) is 77.7 Å². The number of rotatable bonds is 6. The number of carboxylic acid groups (broad SMARTS) is 1. The Hall–Kier alpha value is -2.70. The Morgan fingerprint density at radius 3 is 1.93 bits per heavy atom. The van der Waals surface area contributed by atoms with Gasteiger partial charge in [0.15, 0.2) is 12.2 Å². The molecule has 0 aliphatic rings. The monoisotopic (exact) mass is 381 g/mol. The van der Waals surface area contributed by atoms with Crippen LogP contribution in [0.5, 0.6) is 0 Å². The van der Waals surface area contributed by atoms with Crippen LogP contribution in [0.3, 0.4) is 0 Å². The lowest BCUT2D eigenvalue weighted by Gasteiger charge is -2.44. The highest BCUT2D eigenvalue weighted by Crippen LogP contribution is 2.39. The van der Waals surface area contributed by atoms with Crippen molar-refractivity contribution in [1.82, 2.24) is 4.98 Å². The Kier molecular flexibility index (Phi) is 5.30. The smallest absolute Gasteiger partial charge is 0.339 e. The van der Waals surface area contributed by atoms with Gasteiger partial charge in [0.05, 0.1) is 6.20 Å². The predicted molar refractivity (Wildman–Crippen MR) is 106 cm³/mol. The summed E-state index contributed by atoms with van der Waals surface area (Å²) in [4.78, 5) is 15.9. The van der Waals surface area contributed by atoms with E-state index < -0.39 is 20.4 Å². The third-order valence-electron chi connectivity index (χ3n) is 4.65. The highest BCUT2D eigenvalue weighted by atomic mass is 28.4. The van der Waals surface area contributed by atoms with Gasteiger partial charge in [-0.05, 0) is 15.4 Å². The van der Waals surface area contributed by atoms with Crippen LogP contribution in [-0.4, -0.2) is 24.4 Å². The number of aliphatic carboxylic acids is 1. The summed E-state index contributed by atoms with van der Waals surface area (Å²) in [6.07, 6.45) is 1.38. The van der Waals surface area contributed by atoms with Gasteiger partial charge >= 0.3 is 5.97 Å². The number of nitrogens with zero attached hydrogens (tertiary/aromatic N) is 1. The van der Waals surface area contributed by atoms with Gasteiger partial charge in [-0.1, -0.05) is 81.4 Å². The largest absolute Gasteiger partial charge is 0.479 e. The molecule has 0 saturated carbocycles. The van der Waals surface area contributed by atoms with Gasteiger partial charge in [-0.25, -0.2) is 9.78 Å². The first-order valence-corrected chi connectivity index (χ1v) is 10.7. The fourth-order valence-corrected chi connectivity index (χ4v) is 8.04. The van der Waals surface area contributed by atoms with E-state index in [4.69, 9.17) is 8.84 Å². The minimum Gasteiger partial charge on any atom is -0.479 e. The molecule has 1 heterocycles. The van der Waals surface area contributed by atoms with Crippen molar-refractivity contribution in [3.8, 4) is 0 Å². The van der Waals surface area contributed by atoms with Gasteiger partial charge in [-0.3, -0.25) is 0 Å². The van der Waals surface area contributed by atoms with E-state index in [1.54, 1.807) is 0 Å². The molecule has 5 nitrogen and oxygen atoms in total. The summed E-state index contributed by atoms with van der Waals surface area (Å²) in [5.41, 5.74) is 0. The number of oxazole rings is 1. The first kappa shape index (κ1) is 19.1. The molecule has 3 rings (SSSR count). The van der Waals surface area contributed by atoms with Crippen molar-refractivity contribution in [2.24, 2.45) is 0 Å². The summed E-state index contributed by atoms with van der Waals surface area (Å²) >= 11 is 0. The molecule has 1 N–H and O–H groups in total. The Morgan fingerprint density at radius 2 is 1.56 bits per heavy atom. The Labute approximate surface area is 159 Å². The quantitative estimate of drug-likeness (QED) is 0.663. The molecule has 0 unspecified atom stereocenters. The maximum absolute atomic E-state index is 12.1. The molecule has 27 heavy (non-hydrogen) atoms. The van der Waals surface area contributed by atoms with E-state index >= 15 is 0 Å². The average molecular weight is 382 g/mol. The minimum atomic E-state index is -3.00. The molecule has 0 fully saturated rings. The molecule has 0 bridgehead atoms. The second-order valence-corrected chi connectivity index (χ2v) is 11.7. The van der Waals surface area contributed by atoms with Crippen molar-refractivity contribution in [2.75, 3.05) is 0 Å². The molecular formula is C21H23NO4Si. The fraction of sp³-hybridized carbons (Fsp3) is 0.238. The Bertz CT molecular complexity index is 834. The van der Waals surface area contributed by atoms with Gasteiger partial charge in [0.25, 0.3) is 8.32 Å². The van der Waals surface area contributed by atoms with Crippen molar-refractivity contribution < 1.29 is 18.7 Å². The molecular weight excluding hydrogens is 358 g/mol. The summed E-state index contributed by atoms with van der Waals surface area (Å²) in [5.74, 6) is -0.907. The van der Waals surface area contributed by atoms with Crippen LogP contribution < -0.4 is 10.4 Å². The van der Waals surface area contributed by atoms with Crippen LogP contribution in [0.25, 0.3) is 0 Å². The van der Waals surface area contributed by atoms with E-state index in [9.17, 15) is 9.90 Å².